The Balaban J connectivity index is 1.77. The Kier molecular flexibility index (Phi) is 3.68. The van der Waals surface area contributed by atoms with Crippen molar-refractivity contribution in [1.82, 2.24) is 10.3 Å². The molecule has 2 aliphatic rings. The van der Waals surface area contributed by atoms with Crippen LogP contribution < -0.4 is 10.6 Å². The lowest BCUT2D eigenvalue weighted by Gasteiger charge is -2.26. The average Bonchev–Trinajstić information content (AvgIpc) is 2.48. The lowest BCUT2D eigenvalue weighted by molar-refractivity contribution is -0.131. The summed E-state index contributed by atoms with van der Waals surface area (Å²) in [6.45, 7) is 0. The number of aromatic nitrogens is 1. The fourth-order valence-corrected chi connectivity index (χ4v) is 2.93. The molecule has 6 nitrogen and oxygen atoms in total. The van der Waals surface area contributed by atoms with Crippen molar-refractivity contribution in [2.75, 3.05) is 5.32 Å². The third-order valence-electron chi connectivity index (χ3n) is 4.04. The third kappa shape index (κ3) is 2.66. The highest BCUT2D eigenvalue weighted by atomic mass is 16.2. The molecule has 1 aliphatic carbocycles. The van der Waals surface area contributed by atoms with Crippen molar-refractivity contribution in [2.24, 2.45) is 5.92 Å². The lowest BCUT2D eigenvalue weighted by atomic mass is 9.92. The van der Waals surface area contributed by atoms with Gasteiger partial charge in [-0.3, -0.25) is 19.4 Å². The molecule has 1 atom stereocenters. The van der Waals surface area contributed by atoms with Crippen LogP contribution in [0, 0.1) is 5.92 Å². The van der Waals surface area contributed by atoms with E-state index in [9.17, 15) is 14.4 Å². The average molecular weight is 287 g/mol. The molecule has 2 heterocycles. The van der Waals surface area contributed by atoms with Crippen LogP contribution in [0.5, 0.6) is 0 Å². The minimum absolute atomic E-state index is 0.0666. The van der Waals surface area contributed by atoms with Gasteiger partial charge in [-0.05, 0) is 25.0 Å². The van der Waals surface area contributed by atoms with Crippen molar-refractivity contribution in [3.05, 3.63) is 24.0 Å². The first-order valence-corrected chi connectivity index (χ1v) is 7.27. The summed E-state index contributed by atoms with van der Waals surface area (Å²) >= 11 is 0. The molecule has 1 unspecified atom stereocenters. The fraction of sp³-hybridized carbons (Fsp3) is 0.467. The van der Waals surface area contributed by atoms with Gasteiger partial charge in [0.15, 0.2) is 5.92 Å². The van der Waals surface area contributed by atoms with Crippen molar-refractivity contribution < 1.29 is 14.4 Å². The van der Waals surface area contributed by atoms with E-state index in [0.717, 1.165) is 25.7 Å². The van der Waals surface area contributed by atoms with Gasteiger partial charge in [0.05, 0.1) is 5.69 Å². The van der Waals surface area contributed by atoms with E-state index in [1.165, 1.54) is 12.6 Å². The predicted octanol–water partition coefficient (Wildman–Crippen LogP) is 1.28. The maximum atomic E-state index is 12.3. The van der Waals surface area contributed by atoms with Crippen LogP contribution in [0.3, 0.4) is 0 Å². The monoisotopic (exact) mass is 287 g/mol. The van der Waals surface area contributed by atoms with Crippen LogP contribution in [0.4, 0.5) is 5.69 Å². The molecule has 1 fully saturated rings. The third-order valence-corrected chi connectivity index (χ3v) is 4.04. The molecule has 3 rings (SSSR count). The molecule has 0 aromatic carbocycles. The Hall–Kier alpha value is -2.24. The zero-order chi connectivity index (χ0) is 14.8. The highest BCUT2D eigenvalue weighted by molar-refractivity contribution is 6.29. The number of ketones is 1. The van der Waals surface area contributed by atoms with Gasteiger partial charge in [0.2, 0.25) is 17.6 Å². The topological polar surface area (TPSA) is 88.2 Å². The van der Waals surface area contributed by atoms with Crippen molar-refractivity contribution in [3.8, 4) is 0 Å². The van der Waals surface area contributed by atoms with Gasteiger partial charge >= 0.3 is 0 Å². The molecule has 1 aromatic heterocycles. The first-order chi connectivity index (χ1) is 10.2. The smallest absolute Gasteiger partial charge is 0.245 e. The second-order valence-corrected chi connectivity index (χ2v) is 5.53. The van der Waals surface area contributed by atoms with E-state index < -0.39 is 23.5 Å². The van der Waals surface area contributed by atoms with Gasteiger partial charge in [-0.25, -0.2) is 0 Å². The minimum atomic E-state index is -1.32. The molecule has 0 radical (unpaired) electrons. The second kappa shape index (κ2) is 5.63. The molecular formula is C15H17N3O3. The Morgan fingerprint density at radius 2 is 2.00 bits per heavy atom. The summed E-state index contributed by atoms with van der Waals surface area (Å²) in [6, 6.07) is 3.30. The van der Waals surface area contributed by atoms with Crippen LogP contribution >= 0.6 is 0 Å². The summed E-state index contributed by atoms with van der Waals surface area (Å²) < 4.78 is 0. The largest absolute Gasteiger partial charge is 0.352 e. The highest BCUT2D eigenvalue weighted by Crippen LogP contribution is 2.24. The summed E-state index contributed by atoms with van der Waals surface area (Å²) in [5.74, 6) is -2.94. The van der Waals surface area contributed by atoms with Crippen LogP contribution in [-0.2, 0) is 9.59 Å². The van der Waals surface area contributed by atoms with E-state index in [2.05, 4.69) is 15.6 Å². The van der Waals surface area contributed by atoms with Crippen LogP contribution in [0.25, 0.3) is 0 Å². The number of fused-ring (bicyclic) bond motifs is 1. The van der Waals surface area contributed by atoms with Crippen LogP contribution in [0.1, 0.15) is 42.6 Å². The number of carbonyl (C=O) groups is 3. The second-order valence-electron chi connectivity index (χ2n) is 5.53. The number of carbonyl (C=O) groups excluding carboxylic acids is 3. The quantitative estimate of drug-likeness (QED) is 0.802. The van der Waals surface area contributed by atoms with E-state index in [1.807, 2.05) is 0 Å². The van der Waals surface area contributed by atoms with Crippen molar-refractivity contribution in [3.63, 3.8) is 0 Å². The Bertz CT molecular complexity index is 594. The number of pyridine rings is 1. The summed E-state index contributed by atoms with van der Waals surface area (Å²) in [4.78, 5) is 40.6. The zero-order valence-corrected chi connectivity index (χ0v) is 11.6. The number of rotatable bonds is 2. The Morgan fingerprint density at radius 3 is 2.76 bits per heavy atom. The maximum Gasteiger partial charge on any atom is 0.245 e. The molecule has 110 valence electrons. The summed E-state index contributed by atoms with van der Waals surface area (Å²) in [7, 11) is 0. The summed E-state index contributed by atoms with van der Waals surface area (Å²) in [6.07, 6.45) is 6.60. The number of Topliss-reactive ketones (excluding diaryl/α,β-unsaturated/α-hetero) is 1. The molecule has 1 aliphatic heterocycles. The first kappa shape index (κ1) is 13.7. The van der Waals surface area contributed by atoms with Gasteiger partial charge in [0, 0.05) is 12.2 Å². The standard InChI is InChI=1S/C15H17N3O3/c19-13-11(14(20)17-9-5-2-1-3-6-9)15(21)18-10-7-4-8-16-12(10)13/h4,7-9,11H,1-3,5-6H2,(H,17,20)(H,18,21). The van der Waals surface area contributed by atoms with Crippen molar-refractivity contribution in [1.29, 1.82) is 0 Å². The van der Waals surface area contributed by atoms with Crippen LogP contribution in [0.15, 0.2) is 18.3 Å². The highest BCUT2D eigenvalue weighted by Gasteiger charge is 2.41. The van der Waals surface area contributed by atoms with Gasteiger partial charge in [-0.1, -0.05) is 19.3 Å². The molecule has 0 bridgehead atoms. The van der Waals surface area contributed by atoms with E-state index in [-0.39, 0.29) is 11.7 Å². The number of amides is 2. The Labute approximate surface area is 122 Å². The summed E-state index contributed by atoms with van der Waals surface area (Å²) in [5.41, 5.74) is 0.523. The number of nitrogens with zero attached hydrogens (tertiary/aromatic N) is 1. The molecule has 1 saturated carbocycles. The number of hydrogen-bond donors (Lipinski definition) is 2. The first-order valence-electron chi connectivity index (χ1n) is 7.27. The van der Waals surface area contributed by atoms with Gasteiger partial charge in [-0.2, -0.15) is 0 Å². The lowest BCUT2D eigenvalue weighted by Crippen LogP contribution is -2.49. The normalized spacial score (nSPS) is 22.4. The van der Waals surface area contributed by atoms with Crippen LogP contribution in [-0.4, -0.2) is 28.6 Å². The number of anilines is 1. The molecular weight excluding hydrogens is 270 g/mol. The van der Waals surface area contributed by atoms with Crippen molar-refractivity contribution in [2.45, 2.75) is 38.1 Å². The molecule has 1 aromatic rings. The molecule has 0 saturated heterocycles. The van der Waals surface area contributed by atoms with Gasteiger partial charge in [0.25, 0.3) is 0 Å². The van der Waals surface area contributed by atoms with Gasteiger partial charge < -0.3 is 10.6 Å². The molecule has 0 spiro atoms. The minimum Gasteiger partial charge on any atom is -0.352 e. The molecule has 6 heteroatoms. The molecule has 2 amide bonds. The van der Waals surface area contributed by atoms with E-state index in [1.54, 1.807) is 12.1 Å². The maximum absolute atomic E-state index is 12.3. The molecule has 21 heavy (non-hydrogen) atoms. The summed E-state index contributed by atoms with van der Waals surface area (Å²) in [5, 5.41) is 5.41. The van der Waals surface area contributed by atoms with E-state index >= 15 is 0 Å². The van der Waals surface area contributed by atoms with Crippen LogP contribution in [0.2, 0.25) is 0 Å². The van der Waals surface area contributed by atoms with Gasteiger partial charge in [-0.15, -0.1) is 0 Å². The van der Waals surface area contributed by atoms with E-state index in [0.29, 0.717) is 5.69 Å². The zero-order valence-electron chi connectivity index (χ0n) is 11.6. The van der Waals surface area contributed by atoms with Crippen molar-refractivity contribution >= 4 is 23.3 Å². The SMILES string of the molecule is O=C1Nc2cccnc2C(=O)C1C(=O)NC1CCCCC1. The fourth-order valence-electron chi connectivity index (χ4n) is 2.93. The number of hydrogen-bond acceptors (Lipinski definition) is 4. The molecule has 2 N–H and O–H groups in total. The predicted molar refractivity (Wildman–Crippen MR) is 75.7 cm³/mol. The number of nitrogens with one attached hydrogen (secondary N) is 2. The Morgan fingerprint density at radius 1 is 1.24 bits per heavy atom. The van der Waals surface area contributed by atoms with E-state index in [4.69, 9.17) is 0 Å². The van der Waals surface area contributed by atoms with Gasteiger partial charge in [0.1, 0.15) is 5.69 Å².